The van der Waals surface area contributed by atoms with Gasteiger partial charge in [0.15, 0.2) is 0 Å². The molecule has 0 aliphatic heterocycles. The fourth-order valence-corrected chi connectivity index (χ4v) is 2.91. The SMILES string of the molecule is CN(c1ccc(Br)cc1C(F)(F)F)C1CCC(=O)CC1. The summed E-state index contributed by atoms with van der Waals surface area (Å²) in [6, 6.07) is 4.16. The number of carbonyl (C=O) groups is 1. The van der Waals surface area contributed by atoms with Crippen molar-refractivity contribution in [1.82, 2.24) is 0 Å². The normalized spacial score (nSPS) is 17.4. The summed E-state index contributed by atoms with van der Waals surface area (Å²) in [4.78, 5) is 12.9. The van der Waals surface area contributed by atoms with Gasteiger partial charge in [-0.3, -0.25) is 4.79 Å². The lowest BCUT2D eigenvalue weighted by atomic mass is 9.92. The van der Waals surface area contributed by atoms with Crippen molar-refractivity contribution in [1.29, 1.82) is 0 Å². The number of halogens is 4. The van der Waals surface area contributed by atoms with Crippen LogP contribution in [0.3, 0.4) is 0 Å². The highest BCUT2D eigenvalue weighted by Crippen LogP contribution is 2.39. The van der Waals surface area contributed by atoms with Gasteiger partial charge in [-0.2, -0.15) is 13.2 Å². The minimum Gasteiger partial charge on any atom is -0.371 e. The van der Waals surface area contributed by atoms with Crippen molar-refractivity contribution < 1.29 is 18.0 Å². The van der Waals surface area contributed by atoms with Crippen LogP contribution in [0.2, 0.25) is 0 Å². The summed E-state index contributed by atoms with van der Waals surface area (Å²) in [5.74, 6) is 0.196. The van der Waals surface area contributed by atoms with Crippen molar-refractivity contribution in [3.63, 3.8) is 0 Å². The van der Waals surface area contributed by atoms with E-state index in [4.69, 9.17) is 0 Å². The molecular formula is C14H15BrF3NO. The van der Waals surface area contributed by atoms with E-state index in [0.29, 0.717) is 30.2 Å². The number of hydrogen-bond donors (Lipinski definition) is 0. The van der Waals surface area contributed by atoms with Crippen molar-refractivity contribution in [3.8, 4) is 0 Å². The van der Waals surface area contributed by atoms with Crippen LogP contribution in [0.15, 0.2) is 22.7 Å². The summed E-state index contributed by atoms with van der Waals surface area (Å²) in [7, 11) is 1.67. The Morgan fingerprint density at radius 2 is 1.85 bits per heavy atom. The summed E-state index contributed by atoms with van der Waals surface area (Å²) < 4.78 is 39.8. The highest BCUT2D eigenvalue weighted by molar-refractivity contribution is 9.10. The molecule has 6 heteroatoms. The first-order valence-electron chi connectivity index (χ1n) is 6.40. The van der Waals surface area contributed by atoms with Crippen LogP contribution in [0.4, 0.5) is 18.9 Å². The van der Waals surface area contributed by atoms with Crippen LogP contribution in [0.1, 0.15) is 31.2 Å². The highest BCUT2D eigenvalue weighted by Gasteiger charge is 2.36. The molecule has 0 bridgehead atoms. The second kappa shape index (κ2) is 5.76. The standard InChI is InChI=1S/C14H15BrF3NO/c1-19(10-3-5-11(20)6-4-10)13-7-2-9(15)8-12(13)14(16,17)18/h2,7-8,10H,3-6H2,1H3. The molecule has 0 heterocycles. The van der Waals surface area contributed by atoms with Gasteiger partial charge in [-0.15, -0.1) is 0 Å². The Kier molecular flexibility index (Phi) is 4.42. The van der Waals surface area contributed by atoms with E-state index in [1.165, 1.54) is 6.07 Å². The van der Waals surface area contributed by atoms with Gasteiger partial charge in [-0.25, -0.2) is 0 Å². The average Bonchev–Trinajstić information content (AvgIpc) is 2.38. The van der Waals surface area contributed by atoms with Gasteiger partial charge in [0.1, 0.15) is 5.78 Å². The molecule has 1 fully saturated rings. The Bertz CT molecular complexity index is 506. The summed E-state index contributed by atoms with van der Waals surface area (Å²) in [6.45, 7) is 0. The Labute approximate surface area is 124 Å². The molecule has 0 atom stereocenters. The molecule has 110 valence electrons. The number of anilines is 1. The number of hydrogen-bond acceptors (Lipinski definition) is 2. The summed E-state index contributed by atoms with van der Waals surface area (Å²) in [5, 5.41) is 0. The van der Waals surface area contributed by atoms with Crippen molar-refractivity contribution in [2.75, 3.05) is 11.9 Å². The molecule has 0 N–H and O–H groups in total. The lowest BCUT2D eigenvalue weighted by Gasteiger charge is -2.34. The zero-order valence-corrected chi connectivity index (χ0v) is 12.6. The number of carbonyl (C=O) groups excluding carboxylic acids is 1. The molecule has 2 rings (SSSR count). The second-order valence-corrected chi connectivity index (χ2v) is 5.96. The first-order valence-corrected chi connectivity index (χ1v) is 7.19. The minimum atomic E-state index is -4.39. The molecule has 1 aliphatic carbocycles. The van der Waals surface area contributed by atoms with Gasteiger partial charge in [-0.1, -0.05) is 15.9 Å². The number of benzene rings is 1. The third-order valence-corrected chi connectivity index (χ3v) is 4.20. The molecule has 0 unspecified atom stereocenters. The first kappa shape index (κ1) is 15.4. The number of alkyl halides is 3. The zero-order valence-electron chi connectivity index (χ0n) is 11.0. The second-order valence-electron chi connectivity index (χ2n) is 5.04. The van der Waals surface area contributed by atoms with Crippen LogP contribution in [0.25, 0.3) is 0 Å². The van der Waals surface area contributed by atoms with Gasteiger partial charge >= 0.3 is 6.18 Å². The lowest BCUT2D eigenvalue weighted by molar-refractivity contribution is -0.137. The van der Waals surface area contributed by atoms with Crippen LogP contribution < -0.4 is 4.90 Å². The topological polar surface area (TPSA) is 20.3 Å². The maximum absolute atomic E-state index is 13.1. The number of rotatable bonds is 2. The van der Waals surface area contributed by atoms with E-state index in [2.05, 4.69) is 15.9 Å². The van der Waals surface area contributed by atoms with Crippen molar-refractivity contribution in [3.05, 3.63) is 28.2 Å². The van der Waals surface area contributed by atoms with E-state index in [-0.39, 0.29) is 17.5 Å². The van der Waals surface area contributed by atoms with E-state index in [0.717, 1.165) is 6.07 Å². The molecule has 2 nitrogen and oxygen atoms in total. The predicted octanol–water partition coefficient (Wildman–Crippen LogP) is 4.42. The number of Topliss-reactive ketones (excluding diaryl/α,β-unsaturated/α-hetero) is 1. The first-order chi connectivity index (χ1) is 9.29. The minimum absolute atomic E-state index is 0.0185. The van der Waals surface area contributed by atoms with E-state index in [1.54, 1.807) is 18.0 Å². The van der Waals surface area contributed by atoms with Crippen LogP contribution in [0.5, 0.6) is 0 Å². The maximum Gasteiger partial charge on any atom is 0.418 e. The van der Waals surface area contributed by atoms with Crippen LogP contribution in [-0.2, 0) is 11.0 Å². The van der Waals surface area contributed by atoms with Gasteiger partial charge in [0.25, 0.3) is 0 Å². The van der Waals surface area contributed by atoms with Crippen molar-refractivity contribution >= 4 is 27.4 Å². The molecule has 0 radical (unpaired) electrons. The molecule has 0 aromatic heterocycles. The van der Waals surface area contributed by atoms with E-state index >= 15 is 0 Å². The highest BCUT2D eigenvalue weighted by atomic mass is 79.9. The Balaban J connectivity index is 2.30. The molecule has 0 saturated heterocycles. The molecule has 1 aliphatic rings. The number of nitrogens with zero attached hydrogens (tertiary/aromatic N) is 1. The zero-order chi connectivity index (χ0) is 14.9. The quantitative estimate of drug-likeness (QED) is 0.787. The van der Waals surface area contributed by atoms with Gasteiger partial charge in [0, 0.05) is 36.1 Å². The fraction of sp³-hybridized carbons (Fsp3) is 0.500. The third kappa shape index (κ3) is 3.34. The third-order valence-electron chi connectivity index (χ3n) is 3.70. The Morgan fingerprint density at radius 3 is 2.40 bits per heavy atom. The summed E-state index contributed by atoms with van der Waals surface area (Å²) in [5.41, 5.74) is -0.480. The van der Waals surface area contributed by atoms with E-state index < -0.39 is 11.7 Å². The van der Waals surface area contributed by atoms with E-state index in [9.17, 15) is 18.0 Å². The predicted molar refractivity (Wildman–Crippen MR) is 74.8 cm³/mol. The van der Waals surface area contributed by atoms with Crippen molar-refractivity contribution in [2.24, 2.45) is 0 Å². The van der Waals surface area contributed by atoms with Gasteiger partial charge < -0.3 is 4.90 Å². The molecule has 1 saturated carbocycles. The lowest BCUT2D eigenvalue weighted by Crippen LogP contribution is -2.36. The van der Waals surface area contributed by atoms with Crippen LogP contribution >= 0.6 is 15.9 Å². The van der Waals surface area contributed by atoms with Gasteiger partial charge in [0.05, 0.1) is 5.56 Å². The Hall–Kier alpha value is -1.04. The van der Waals surface area contributed by atoms with Crippen LogP contribution in [-0.4, -0.2) is 18.9 Å². The molecular weight excluding hydrogens is 335 g/mol. The molecule has 1 aromatic carbocycles. The molecule has 0 spiro atoms. The van der Waals surface area contributed by atoms with Gasteiger partial charge in [0.2, 0.25) is 0 Å². The fourth-order valence-electron chi connectivity index (χ4n) is 2.55. The van der Waals surface area contributed by atoms with E-state index in [1.807, 2.05) is 0 Å². The molecule has 20 heavy (non-hydrogen) atoms. The monoisotopic (exact) mass is 349 g/mol. The average molecular weight is 350 g/mol. The van der Waals surface area contributed by atoms with Crippen molar-refractivity contribution in [2.45, 2.75) is 37.9 Å². The smallest absolute Gasteiger partial charge is 0.371 e. The largest absolute Gasteiger partial charge is 0.418 e. The molecule has 0 amide bonds. The summed E-state index contributed by atoms with van der Waals surface area (Å²) in [6.07, 6.45) is -2.26. The Morgan fingerprint density at radius 1 is 1.25 bits per heavy atom. The summed E-state index contributed by atoms with van der Waals surface area (Å²) >= 11 is 3.08. The maximum atomic E-state index is 13.1. The van der Waals surface area contributed by atoms with Gasteiger partial charge in [-0.05, 0) is 31.0 Å². The molecule has 1 aromatic rings. The van der Waals surface area contributed by atoms with Crippen LogP contribution in [0, 0.1) is 0 Å². The number of ketones is 1.